The summed E-state index contributed by atoms with van der Waals surface area (Å²) in [7, 11) is -2.86. The van der Waals surface area contributed by atoms with Crippen LogP contribution in [0.4, 0.5) is 0 Å². The highest BCUT2D eigenvalue weighted by molar-refractivity contribution is 7.78. The van der Waals surface area contributed by atoms with Gasteiger partial charge >= 0.3 is 0 Å². The molecule has 5 heteroatoms. The zero-order chi connectivity index (χ0) is 19.4. The molecule has 28 heavy (non-hydrogen) atoms. The highest BCUT2D eigenvalue weighted by Crippen LogP contribution is 2.46. The lowest BCUT2D eigenvalue weighted by Gasteiger charge is -2.19. The smallest absolute Gasteiger partial charge is 0.235 e. The first kappa shape index (κ1) is 18.6. The first-order valence-corrected chi connectivity index (χ1v) is 11.5. The molecule has 4 rings (SSSR count). The molecule has 0 fully saturated rings. The van der Waals surface area contributed by atoms with Gasteiger partial charge in [0.25, 0.3) is 0 Å². The first-order chi connectivity index (χ1) is 13.7. The van der Waals surface area contributed by atoms with Crippen molar-refractivity contribution in [3.8, 4) is 0 Å². The van der Waals surface area contributed by atoms with Gasteiger partial charge in [-0.25, -0.2) is 9.98 Å². The average Bonchev–Trinajstić information content (AvgIpc) is 3.25. The molecule has 1 atom stereocenters. The lowest BCUT2D eigenvalue weighted by molar-refractivity contribution is 0.314. The van der Waals surface area contributed by atoms with Crippen LogP contribution in [0, 0.1) is 0 Å². The molecule has 0 aliphatic carbocycles. The van der Waals surface area contributed by atoms with Crippen molar-refractivity contribution in [3.05, 3.63) is 90.3 Å². The van der Waals surface area contributed by atoms with Crippen molar-refractivity contribution < 1.29 is 9.30 Å². The van der Waals surface area contributed by atoms with Gasteiger partial charge in [-0.05, 0) is 18.6 Å². The van der Waals surface area contributed by atoms with Crippen LogP contribution in [0.2, 0.25) is 0 Å². The van der Waals surface area contributed by atoms with Gasteiger partial charge in [-0.15, -0.1) is 0 Å². The average molecular weight is 390 g/mol. The van der Waals surface area contributed by atoms with E-state index in [1.165, 1.54) is 0 Å². The number of benzene rings is 2. The molecule has 1 aliphatic heterocycles. The van der Waals surface area contributed by atoms with E-state index in [-0.39, 0.29) is 6.04 Å². The largest absolute Gasteiger partial charge is 0.474 e. The molecule has 2 aromatic carbocycles. The van der Waals surface area contributed by atoms with Crippen molar-refractivity contribution in [2.75, 3.05) is 6.61 Å². The van der Waals surface area contributed by atoms with Gasteiger partial charge in [0.1, 0.15) is 19.4 Å². The fourth-order valence-corrected chi connectivity index (χ4v) is 5.95. The Kier molecular flexibility index (Phi) is 5.40. The van der Waals surface area contributed by atoms with Gasteiger partial charge in [-0.3, -0.25) is 0 Å². The van der Waals surface area contributed by atoms with Crippen molar-refractivity contribution in [2.24, 2.45) is 4.99 Å². The molecule has 0 unspecified atom stereocenters. The second kappa shape index (κ2) is 8.12. The second-order valence-corrected chi connectivity index (χ2v) is 9.72. The number of pyridine rings is 1. The van der Waals surface area contributed by atoms with E-state index in [0.717, 1.165) is 22.7 Å². The Labute approximate surface area is 165 Å². The van der Waals surface area contributed by atoms with Crippen molar-refractivity contribution in [3.63, 3.8) is 0 Å². The summed E-state index contributed by atoms with van der Waals surface area (Å²) in [6, 6.07) is 25.3. The van der Waals surface area contributed by atoms with Crippen molar-refractivity contribution in [2.45, 2.75) is 25.5 Å². The molecule has 0 bridgehead atoms. The summed E-state index contributed by atoms with van der Waals surface area (Å²) in [4.78, 5) is 9.33. The molecule has 0 N–H and O–H groups in total. The van der Waals surface area contributed by atoms with Crippen LogP contribution in [-0.2, 0) is 15.5 Å². The zero-order valence-electron chi connectivity index (χ0n) is 15.9. The molecular formula is C23H23N2O2P. The fraction of sp³-hybridized carbons (Fsp3) is 0.217. The molecule has 1 aliphatic rings. The van der Waals surface area contributed by atoms with Crippen LogP contribution in [0.1, 0.15) is 24.7 Å². The highest BCUT2D eigenvalue weighted by Gasteiger charge is 2.28. The minimum Gasteiger partial charge on any atom is -0.474 e. The van der Waals surface area contributed by atoms with Gasteiger partial charge in [0.2, 0.25) is 5.90 Å². The molecule has 3 aromatic rings. The summed E-state index contributed by atoms with van der Waals surface area (Å²) in [5, 5.41) is 1.68. The van der Waals surface area contributed by atoms with Crippen molar-refractivity contribution >= 4 is 23.6 Å². The Balaban J connectivity index is 1.71. The molecule has 0 radical (unpaired) electrons. The van der Waals surface area contributed by atoms with Gasteiger partial charge in [-0.2, -0.15) is 0 Å². The van der Waals surface area contributed by atoms with E-state index in [0.29, 0.717) is 24.4 Å². The third-order valence-corrected chi connectivity index (χ3v) is 7.97. The molecule has 142 valence electrons. The molecule has 0 saturated heterocycles. The Morgan fingerprint density at radius 2 is 1.57 bits per heavy atom. The standard InChI is InChI=1S/C23H23N2O2P/c1-2-18-16-27-23(25-18)22-15-9-10-19(24-22)17-28(26,20-11-5-3-6-12-20)21-13-7-4-8-14-21/h3-15,18H,2,16-17H2,1H3/t18-/m1/s1. The maximum Gasteiger partial charge on any atom is 0.235 e. The molecule has 2 heterocycles. The van der Waals surface area contributed by atoms with Crippen molar-refractivity contribution in [1.82, 2.24) is 4.98 Å². The van der Waals surface area contributed by atoms with Crippen LogP contribution < -0.4 is 10.6 Å². The lowest BCUT2D eigenvalue weighted by Crippen LogP contribution is -2.18. The number of aliphatic imine (C=N–C) groups is 1. The van der Waals surface area contributed by atoms with Crippen molar-refractivity contribution in [1.29, 1.82) is 0 Å². The van der Waals surface area contributed by atoms with E-state index in [4.69, 9.17) is 9.72 Å². The van der Waals surface area contributed by atoms with Gasteiger partial charge < -0.3 is 9.30 Å². The second-order valence-electron chi connectivity index (χ2n) is 6.89. The third-order valence-electron chi connectivity index (χ3n) is 4.94. The van der Waals surface area contributed by atoms with Crippen LogP contribution in [0.3, 0.4) is 0 Å². The summed E-state index contributed by atoms with van der Waals surface area (Å²) < 4.78 is 19.9. The summed E-state index contributed by atoms with van der Waals surface area (Å²) in [5.41, 5.74) is 1.49. The molecular weight excluding hydrogens is 367 g/mol. The van der Waals surface area contributed by atoms with E-state index >= 15 is 0 Å². The van der Waals surface area contributed by atoms with E-state index < -0.39 is 7.14 Å². The first-order valence-electron chi connectivity index (χ1n) is 9.56. The molecule has 4 nitrogen and oxygen atoms in total. The van der Waals surface area contributed by atoms with Crippen LogP contribution in [-0.4, -0.2) is 23.5 Å². The van der Waals surface area contributed by atoms with E-state index in [2.05, 4.69) is 11.9 Å². The normalized spacial score (nSPS) is 16.5. The Bertz CT molecular complexity index is 976. The summed E-state index contributed by atoms with van der Waals surface area (Å²) in [6.07, 6.45) is 1.31. The van der Waals surface area contributed by atoms with E-state index in [1.54, 1.807) is 0 Å². The molecule has 0 spiro atoms. The lowest BCUT2D eigenvalue weighted by atomic mass is 10.3. The number of nitrogens with zero attached hydrogens (tertiary/aromatic N) is 2. The van der Waals surface area contributed by atoms with E-state index in [9.17, 15) is 4.57 Å². The maximum absolute atomic E-state index is 14.2. The Morgan fingerprint density at radius 1 is 0.929 bits per heavy atom. The van der Waals surface area contributed by atoms with Crippen LogP contribution in [0.25, 0.3) is 0 Å². The summed E-state index contributed by atoms with van der Waals surface area (Å²) in [5.74, 6) is 0.586. The number of aromatic nitrogens is 1. The van der Waals surface area contributed by atoms with Crippen LogP contribution in [0.5, 0.6) is 0 Å². The minimum absolute atomic E-state index is 0.195. The fourth-order valence-electron chi connectivity index (χ4n) is 3.35. The predicted molar refractivity (Wildman–Crippen MR) is 114 cm³/mol. The monoisotopic (exact) mass is 390 g/mol. The molecule has 0 saturated carbocycles. The molecule has 1 aromatic heterocycles. The summed E-state index contributed by atoms with van der Waals surface area (Å²) in [6.45, 7) is 2.70. The van der Waals surface area contributed by atoms with Gasteiger partial charge in [-0.1, -0.05) is 73.7 Å². The highest BCUT2D eigenvalue weighted by atomic mass is 31.2. The van der Waals surface area contributed by atoms with Gasteiger partial charge in [0.05, 0.1) is 12.2 Å². The SMILES string of the molecule is CC[C@@H]1COC(c2cccc(CP(=O)(c3ccccc3)c3ccccc3)n2)=N1. The number of rotatable bonds is 6. The van der Waals surface area contributed by atoms with E-state index in [1.807, 2.05) is 78.9 Å². The third kappa shape index (κ3) is 3.79. The minimum atomic E-state index is -2.86. The number of hydrogen-bond acceptors (Lipinski definition) is 4. The quantitative estimate of drug-likeness (QED) is 0.594. The zero-order valence-corrected chi connectivity index (χ0v) is 16.8. The van der Waals surface area contributed by atoms with Gasteiger partial charge in [0.15, 0.2) is 0 Å². The number of ether oxygens (including phenoxy) is 1. The van der Waals surface area contributed by atoms with Crippen LogP contribution in [0.15, 0.2) is 83.9 Å². The molecule has 0 amide bonds. The Hall–Kier alpha value is -2.71. The summed E-state index contributed by atoms with van der Waals surface area (Å²) >= 11 is 0. The van der Waals surface area contributed by atoms with Crippen LogP contribution >= 0.6 is 7.14 Å². The topological polar surface area (TPSA) is 51.5 Å². The Morgan fingerprint density at radius 3 is 2.14 bits per heavy atom. The predicted octanol–water partition coefficient (Wildman–Crippen LogP) is 4.15. The maximum atomic E-state index is 14.2. The number of hydrogen-bond donors (Lipinski definition) is 0. The van der Waals surface area contributed by atoms with Gasteiger partial charge in [0, 0.05) is 16.3 Å².